The van der Waals surface area contributed by atoms with E-state index < -0.39 is 11.6 Å². The summed E-state index contributed by atoms with van der Waals surface area (Å²) in [4.78, 5) is 8.02. The van der Waals surface area contributed by atoms with Crippen molar-refractivity contribution in [1.82, 2.24) is 45.8 Å². The number of aromatic amines is 3. The largest absolute Gasteiger partial charge is 0.447 e. The van der Waals surface area contributed by atoms with E-state index in [0.29, 0.717) is 23.2 Å². The summed E-state index contributed by atoms with van der Waals surface area (Å²) >= 11 is 1.56. The highest BCUT2D eigenvalue weighted by atomic mass is 32.1. The van der Waals surface area contributed by atoms with Gasteiger partial charge in [-0.15, -0.1) is 16.4 Å². The van der Waals surface area contributed by atoms with Crippen LogP contribution in [0.1, 0.15) is 23.3 Å². The number of thiophene rings is 1. The summed E-state index contributed by atoms with van der Waals surface area (Å²) in [6, 6.07) is 12.9. The topological polar surface area (TPSA) is 148 Å². The minimum atomic E-state index is -1.10. The van der Waals surface area contributed by atoms with Gasteiger partial charge < -0.3 is 9.40 Å². The lowest BCUT2D eigenvalue weighted by Crippen LogP contribution is -2.52. The fourth-order valence-electron chi connectivity index (χ4n) is 4.79. The molecule has 0 aliphatic carbocycles. The Labute approximate surface area is 207 Å². The van der Waals surface area contributed by atoms with Gasteiger partial charge in [0.25, 0.3) is 0 Å². The molecule has 0 spiro atoms. The number of H-pyrrole nitrogens is 3. The van der Waals surface area contributed by atoms with Crippen LogP contribution in [0.25, 0.3) is 0 Å². The Bertz CT molecular complexity index is 1420. The summed E-state index contributed by atoms with van der Waals surface area (Å²) in [7, 11) is 0. The fraction of sp³-hybridized carbons (Fsp3) is 0.0909. The highest BCUT2D eigenvalue weighted by molar-refractivity contribution is 7.14. The summed E-state index contributed by atoms with van der Waals surface area (Å²) in [6.45, 7) is 0. The first-order chi connectivity index (χ1) is 17.9. The van der Waals surface area contributed by atoms with Gasteiger partial charge in [0.15, 0.2) is 11.4 Å². The lowest BCUT2D eigenvalue weighted by molar-refractivity contribution is 0.414. The number of imidazole rings is 1. The van der Waals surface area contributed by atoms with Crippen LogP contribution in [0, 0.1) is 0 Å². The quantitative estimate of drug-likeness (QED) is 0.313. The third-order valence-electron chi connectivity index (χ3n) is 6.08. The van der Waals surface area contributed by atoms with Gasteiger partial charge >= 0.3 is 0 Å². The lowest BCUT2D eigenvalue weighted by Gasteiger charge is -2.39. The molecule has 3 N–H and O–H groups in total. The predicted octanol–water partition coefficient (Wildman–Crippen LogP) is 3.04. The molecule has 7 rings (SSSR count). The summed E-state index contributed by atoms with van der Waals surface area (Å²) in [5, 5.41) is 36.7. The molecule has 2 unspecified atom stereocenters. The minimum absolute atomic E-state index is 0.536. The van der Waals surface area contributed by atoms with Crippen LogP contribution in [-0.2, 0) is 5.54 Å². The summed E-state index contributed by atoms with van der Waals surface area (Å²) in [6.07, 6.45) is 10.2. The van der Waals surface area contributed by atoms with E-state index in [0.717, 1.165) is 10.7 Å². The molecular formula is C22H18N12OS. The van der Waals surface area contributed by atoms with Gasteiger partial charge in [-0.1, -0.05) is 0 Å². The number of hydrogen-bond acceptors (Lipinski definition) is 11. The van der Waals surface area contributed by atoms with Crippen molar-refractivity contribution in [2.45, 2.75) is 11.6 Å². The molecule has 6 aromatic heterocycles. The molecule has 0 saturated carbocycles. The van der Waals surface area contributed by atoms with Gasteiger partial charge in [-0.2, -0.15) is 30.7 Å². The molecule has 13 nitrogen and oxygen atoms in total. The molecule has 178 valence electrons. The Morgan fingerprint density at radius 1 is 1.03 bits per heavy atom. The number of aromatic nitrogens is 9. The first-order valence-electron chi connectivity index (χ1n) is 11.0. The van der Waals surface area contributed by atoms with Gasteiger partial charge in [-0.25, -0.2) is 15.0 Å². The predicted molar refractivity (Wildman–Crippen MR) is 130 cm³/mol. The highest BCUT2D eigenvalue weighted by Crippen LogP contribution is 2.57. The van der Waals surface area contributed by atoms with Gasteiger partial charge in [0.05, 0.1) is 23.8 Å². The third kappa shape index (κ3) is 2.81. The van der Waals surface area contributed by atoms with Gasteiger partial charge in [-0.3, -0.25) is 5.10 Å². The zero-order chi connectivity index (χ0) is 24.0. The van der Waals surface area contributed by atoms with Gasteiger partial charge in [0, 0.05) is 30.9 Å². The first-order valence-corrected chi connectivity index (χ1v) is 11.9. The van der Waals surface area contributed by atoms with E-state index in [-0.39, 0.29) is 0 Å². The molecule has 36 heavy (non-hydrogen) atoms. The maximum Gasteiger partial charge on any atom is 0.216 e. The summed E-state index contributed by atoms with van der Waals surface area (Å²) in [5.74, 6) is 1.79. The lowest BCUT2D eigenvalue weighted by atomic mass is 9.82. The van der Waals surface area contributed by atoms with Crippen molar-refractivity contribution in [3.8, 4) is 0 Å². The second-order valence-corrected chi connectivity index (χ2v) is 8.83. The Kier molecular flexibility index (Phi) is 4.56. The van der Waals surface area contributed by atoms with Crippen molar-refractivity contribution in [2.24, 2.45) is 0 Å². The zero-order valence-corrected chi connectivity index (χ0v) is 19.3. The number of nitrogens with one attached hydrogen (secondary N) is 3. The molecule has 0 radical (unpaired) electrons. The van der Waals surface area contributed by atoms with E-state index >= 15 is 0 Å². The molecule has 0 aromatic carbocycles. The maximum atomic E-state index is 6.00. The number of furan rings is 1. The normalized spacial score (nSPS) is 19.9. The monoisotopic (exact) mass is 498 g/mol. The molecule has 0 bridgehead atoms. The maximum absolute atomic E-state index is 6.00. The standard InChI is InChI=1S/C22H18N12OS/c1-4-15(28-25-8-1)22(16-7-9-26-29-16)20(21-23-10-11-24-21)32(18-5-2-12-35-18)34(19-6-3-13-36-19)33(22)17-14-27-31-30-17/h1-14,20H,(H,23,24)(H,26,29)(H,27,30,31). The molecule has 14 heteroatoms. The smallest absolute Gasteiger partial charge is 0.216 e. The second-order valence-electron chi connectivity index (χ2n) is 7.90. The summed E-state index contributed by atoms with van der Waals surface area (Å²) in [5.41, 5.74) is 0.272. The van der Waals surface area contributed by atoms with E-state index in [1.165, 1.54) is 0 Å². The Morgan fingerprint density at radius 2 is 2.03 bits per heavy atom. The van der Waals surface area contributed by atoms with Crippen molar-refractivity contribution >= 4 is 28.0 Å². The van der Waals surface area contributed by atoms with Crippen molar-refractivity contribution < 1.29 is 4.42 Å². The van der Waals surface area contributed by atoms with Gasteiger partial charge in [0.2, 0.25) is 5.88 Å². The Hall–Kier alpha value is -4.98. The number of rotatable bonds is 6. The van der Waals surface area contributed by atoms with Crippen LogP contribution in [0.2, 0.25) is 0 Å². The van der Waals surface area contributed by atoms with E-state index in [4.69, 9.17) is 9.40 Å². The van der Waals surface area contributed by atoms with Crippen LogP contribution >= 0.6 is 11.3 Å². The van der Waals surface area contributed by atoms with Crippen molar-refractivity contribution in [3.05, 3.63) is 102 Å². The Balaban J connectivity index is 1.64. The molecule has 0 amide bonds. The van der Waals surface area contributed by atoms with Crippen LogP contribution < -0.4 is 15.1 Å². The number of hydrogen-bond donors (Lipinski definition) is 3. The van der Waals surface area contributed by atoms with E-state index in [1.54, 1.807) is 48.6 Å². The van der Waals surface area contributed by atoms with Crippen molar-refractivity contribution in [3.63, 3.8) is 0 Å². The molecule has 1 saturated heterocycles. The average molecular weight is 499 g/mol. The van der Waals surface area contributed by atoms with Crippen LogP contribution in [0.4, 0.5) is 16.7 Å². The second kappa shape index (κ2) is 8.06. The molecular weight excluding hydrogens is 480 g/mol. The number of nitrogens with zero attached hydrogens (tertiary/aromatic N) is 9. The third-order valence-corrected chi connectivity index (χ3v) is 6.91. The molecule has 7 heterocycles. The van der Waals surface area contributed by atoms with E-state index in [2.05, 4.69) is 40.8 Å². The van der Waals surface area contributed by atoms with Crippen LogP contribution in [0.5, 0.6) is 0 Å². The molecule has 1 aliphatic heterocycles. The van der Waals surface area contributed by atoms with Crippen LogP contribution in [-0.4, -0.2) is 45.8 Å². The van der Waals surface area contributed by atoms with Crippen molar-refractivity contribution in [2.75, 3.05) is 15.1 Å². The first kappa shape index (κ1) is 20.4. The SMILES string of the molecule is c1cnnc(C2(c3ccn[nH]3)C(c3ncc[nH]3)N(c3ccco3)N(c3cccs3)N2c2cn[nH]n2)c1. The summed E-state index contributed by atoms with van der Waals surface area (Å²) < 4.78 is 6.00. The van der Waals surface area contributed by atoms with E-state index in [9.17, 15) is 0 Å². The molecule has 1 fully saturated rings. The number of anilines is 3. The number of hydrazine groups is 2. The zero-order valence-electron chi connectivity index (χ0n) is 18.5. The molecule has 1 aliphatic rings. The van der Waals surface area contributed by atoms with Gasteiger partial charge in [0.1, 0.15) is 16.9 Å². The molecule has 2 atom stereocenters. The fourth-order valence-corrected chi connectivity index (χ4v) is 5.51. The highest BCUT2D eigenvalue weighted by Gasteiger charge is 2.65. The average Bonchev–Trinajstić information content (AvgIpc) is 3.73. The minimum Gasteiger partial charge on any atom is -0.447 e. The molecule has 6 aromatic rings. The Morgan fingerprint density at radius 3 is 2.69 bits per heavy atom. The van der Waals surface area contributed by atoms with Gasteiger partial charge in [-0.05, 0) is 41.8 Å². The van der Waals surface area contributed by atoms with E-state index in [1.807, 2.05) is 63.0 Å². The van der Waals surface area contributed by atoms with Crippen LogP contribution in [0.15, 0.2) is 89.5 Å². The van der Waals surface area contributed by atoms with Crippen molar-refractivity contribution in [1.29, 1.82) is 0 Å². The van der Waals surface area contributed by atoms with Crippen LogP contribution in [0.3, 0.4) is 0 Å².